The maximum atomic E-state index is 11.2. The number of hydrogen-bond donors (Lipinski definition) is 1. The number of carbonyl (C=O) groups excluding carboxylic acids is 1. The first-order valence-corrected chi connectivity index (χ1v) is 9.38. The molecule has 1 amide bonds. The molecule has 3 heterocycles. The number of nitrogens with zero attached hydrogens (tertiary/aromatic N) is 4. The minimum Gasteiger partial charge on any atom is -0.369 e. The quantitative estimate of drug-likeness (QED) is 0.713. The number of anilines is 1. The summed E-state index contributed by atoms with van der Waals surface area (Å²) in [6.07, 6.45) is 4.12. The largest absolute Gasteiger partial charge is 0.369 e. The van der Waals surface area contributed by atoms with Gasteiger partial charge in [0.2, 0.25) is 5.91 Å². The zero-order valence-electron chi connectivity index (χ0n) is 14.3. The molecule has 26 heavy (non-hydrogen) atoms. The van der Waals surface area contributed by atoms with E-state index in [4.69, 9.17) is 10.7 Å². The van der Waals surface area contributed by atoms with Gasteiger partial charge in [-0.2, -0.15) is 0 Å². The summed E-state index contributed by atoms with van der Waals surface area (Å²) in [6.45, 7) is 4.72. The van der Waals surface area contributed by atoms with Crippen LogP contribution in [-0.2, 0) is 6.54 Å². The van der Waals surface area contributed by atoms with Crippen molar-refractivity contribution in [1.29, 1.82) is 0 Å². The minimum atomic E-state index is -0.388. The number of piperazine rings is 1. The molecule has 1 fully saturated rings. The lowest BCUT2D eigenvalue weighted by Crippen LogP contribution is -2.46. The van der Waals surface area contributed by atoms with Crippen molar-refractivity contribution < 1.29 is 4.79 Å². The van der Waals surface area contributed by atoms with Crippen LogP contribution in [0, 0.1) is 0 Å². The lowest BCUT2D eigenvalue weighted by atomic mass is 10.1. The molecule has 1 saturated heterocycles. The predicted molar refractivity (Wildman–Crippen MR) is 105 cm³/mol. The molecule has 0 saturated carbocycles. The Kier molecular flexibility index (Phi) is 4.65. The summed E-state index contributed by atoms with van der Waals surface area (Å²) in [5.41, 5.74) is 9.03. The number of carbonyl (C=O) groups is 1. The summed E-state index contributed by atoms with van der Waals surface area (Å²) >= 11 is 3.49. The number of aromatic nitrogens is 2. The summed E-state index contributed by atoms with van der Waals surface area (Å²) in [5.74, 6) is -0.388. The average Bonchev–Trinajstić information content (AvgIpc) is 3.03. The van der Waals surface area contributed by atoms with Crippen LogP contribution in [0.2, 0.25) is 0 Å². The van der Waals surface area contributed by atoms with Crippen molar-refractivity contribution in [1.82, 2.24) is 14.3 Å². The Balaban J connectivity index is 1.37. The Hall–Kier alpha value is -2.38. The summed E-state index contributed by atoms with van der Waals surface area (Å²) < 4.78 is 3.10. The van der Waals surface area contributed by atoms with E-state index >= 15 is 0 Å². The van der Waals surface area contributed by atoms with Gasteiger partial charge < -0.3 is 15.0 Å². The first kappa shape index (κ1) is 17.1. The number of imidazole rings is 1. The zero-order valence-corrected chi connectivity index (χ0v) is 15.9. The molecule has 0 spiro atoms. The van der Waals surface area contributed by atoms with Crippen LogP contribution in [0.15, 0.2) is 53.3 Å². The Morgan fingerprint density at radius 3 is 2.46 bits per heavy atom. The van der Waals surface area contributed by atoms with Gasteiger partial charge in [0.1, 0.15) is 5.65 Å². The van der Waals surface area contributed by atoms with Gasteiger partial charge in [-0.05, 0) is 52.3 Å². The van der Waals surface area contributed by atoms with Gasteiger partial charge in [0.15, 0.2) is 0 Å². The number of benzene rings is 1. The van der Waals surface area contributed by atoms with Crippen LogP contribution in [0.25, 0.3) is 5.65 Å². The summed E-state index contributed by atoms with van der Waals surface area (Å²) in [6, 6.07) is 11.5. The normalized spacial score (nSPS) is 15.5. The monoisotopic (exact) mass is 413 g/mol. The highest BCUT2D eigenvalue weighted by Gasteiger charge is 2.18. The highest BCUT2D eigenvalue weighted by molar-refractivity contribution is 9.10. The number of pyridine rings is 1. The van der Waals surface area contributed by atoms with E-state index in [9.17, 15) is 4.79 Å². The van der Waals surface area contributed by atoms with E-state index in [0.29, 0.717) is 5.56 Å². The topological polar surface area (TPSA) is 66.9 Å². The molecule has 4 rings (SSSR count). The van der Waals surface area contributed by atoms with Crippen LogP contribution >= 0.6 is 15.9 Å². The Labute approximate surface area is 160 Å². The van der Waals surface area contributed by atoms with Crippen LogP contribution in [0.3, 0.4) is 0 Å². The molecule has 0 radical (unpaired) electrons. The van der Waals surface area contributed by atoms with Gasteiger partial charge in [0, 0.05) is 60.8 Å². The number of halogens is 1. The van der Waals surface area contributed by atoms with Gasteiger partial charge in [-0.15, -0.1) is 0 Å². The molecular formula is C19H20BrN5O. The standard InChI is InChI=1S/C19H20BrN5O/c20-15-3-6-18-22-16(13-25(18)11-15)12-23-7-9-24(10-8-23)17-4-1-14(2-5-17)19(21)26/h1-6,11,13H,7-10,12H2,(H2,21,26). The molecule has 1 aliphatic rings. The maximum absolute atomic E-state index is 11.2. The molecule has 7 heteroatoms. The van der Waals surface area contributed by atoms with Gasteiger partial charge >= 0.3 is 0 Å². The molecule has 3 aromatic rings. The molecule has 2 aromatic heterocycles. The van der Waals surface area contributed by atoms with E-state index in [2.05, 4.69) is 36.3 Å². The van der Waals surface area contributed by atoms with E-state index in [-0.39, 0.29) is 5.91 Å². The second kappa shape index (κ2) is 7.09. The highest BCUT2D eigenvalue weighted by atomic mass is 79.9. The summed E-state index contributed by atoms with van der Waals surface area (Å²) in [4.78, 5) is 20.6. The van der Waals surface area contributed by atoms with Crippen molar-refractivity contribution in [3.63, 3.8) is 0 Å². The number of amides is 1. The third-order valence-corrected chi connectivity index (χ3v) is 5.21. The van der Waals surface area contributed by atoms with Gasteiger partial charge in [0.05, 0.1) is 5.69 Å². The van der Waals surface area contributed by atoms with Crippen molar-refractivity contribution in [3.8, 4) is 0 Å². The van der Waals surface area contributed by atoms with Crippen molar-refractivity contribution in [2.24, 2.45) is 5.73 Å². The fourth-order valence-corrected chi connectivity index (χ4v) is 3.68. The molecule has 134 valence electrons. The fourth-order valence-electron chi connectivity index (χ4n) is 3.32. The molecule has 6 nitrogen and oxygen atoms in total. The number of primary amides is 1. The van der Waals surface area contributed by atoms with Gasteiger partial charge in [-0.25, -0.2) is 4.98 Å². The van der Waals surface area contributed by atoms with Crippen LogP contribution in [0.4, 0.5) is 5.69 Å². The second-order valence-corrected chi connectivity index (χ2v) is 7.44. The fraction of sp³-hybridized carbons (Fsp3) is 0.263. The number of nitrogens with two attached hydrogens (primary N) is 1. The predicted octanol–water partition coefficient (Wildman–Crippen LogP) is 2.52. The molecule has 0 atom stereocenters. The van der Waals surface area contributed by atoms with Crippen LogP contribution in [0.5, 0.6) is 0 Å². The lowest BCUT2D eigenvalue weighted by molar-refractivity contribution is 0.100. The highest BCUT2D eigenvalue weighted by Crippen LogP contribution is 2.19. The van der Waals surface area contributed by atoms with E-state index in [1.54, 1.807) is 12.1 Å². The van der Waals surface area contributed by atoms with E-state index in [1.165, 1.54) is 0 Å². The van der Waals surface area contributed by atoms with Crippen molar-refractivity contribution >= 4 is 33.2 Å². The SMILES string of the molecule is NC(=O)c1ccc(N2CCN(Cc3cn4cc(Br)ccc4n3)CC2)cc1. The first-order chi connectivity index (χ1) is 12.6. The van der Waals surface area contributed by atoms with E-state index < -0.39 is 0 Å². The number of fused-ring (bicyclic) bond motifs is 1. The number of rotatable bonds is 4. The van der Waals surface area contributed by atoms with Crippen LogP contribution in [-0.4, -0.2) is 46.4 Å². The summed E-state index contributed by atoms with van der Waals surface area (Å²) in [7, 11) is 0. The molecule has 0 aliphatic carbocycles. The van der Waals surface area contributed by atoms with E-state index in [1.807, 2.05) is 30.5 Å². The van der Waals surface area contributed by atoms with Crippen molar-refractivity contribution in [2.45, 2.75) is 6.54 Å². The van der Waals surface area contributed by atoms with Crippen LogP contribution in [0.1, 0.15) is 16.1 Å². The van der Waals surface area contributed by atoms with Crippen LogP contribution < -0.4 is 10.6 Å². The third-order valence-electron chi connectivity index (χ3n) is 4.74. The van der Waals surface area contributed by atoms with Gasteiger partial charge in [-0.1, -0.05) is 0 Å². The minimum absolute atomic E-state index is 0.388. The first-order valence-electron chi connectivity index (χ1n) is 8.59. The molecule has 0 bridgehead atoms. The Morgan fingerprint density at radius 1 is 1.04 bits per heavy atom. The second-order valence-electron chi connectivity index (χ2n) is 6.52. The summed E-state index contributed by atoms with van der Waals surface area (Å²) in [5, 5.41) is 0. The molecule has 2 N–H and O–H groups in total. The average molecular weight is 414 g/mol. The number of hydrogen-bond acceptors (Lipinski definition) is 4. The van der Waals surface area contributed by atoms with Crippen molar-refractivity contribution in [3.05, 3.63) is 64.5 Å². The van der Waals surface area contributed by atoms with E-state index in [0.717, 1.165) is 54.2 Å². The zero-order chi connectivity index (χ0) is 18.1. The van der Waals surface area contributed by atoms with Crippen molar-refractivity contribution in [2.75, 3.05) is 31.1 Å². The van der Waals surface area contributed by atoms with Gasteiger partial charge in [-0.3, -0.25) is 9.69 Å². The molecule has 1 aliphatic heterocycles. The lowest BCUT2D eigenvalue weighted by Gasteiger charge is -2.35. The van der Waals surface area contributed by atoms with Gasteiger partial charge in [0.25, 0.3) is 0 Å². The Morgan fingerprint density at radius 2 is 1.77 bits per heavy atom. The molecule has 0 unspecified atom stereocenters. The molecular weight excluding hydrogens is 394 g/mol. The maximum Gasteiger partial charge on any atom is 0.248 e. The smallest absolute Gasteiger partial charge is 0.248 e. The Bertz CT molecular complexity index is 929. The molecule has 1 aromatic carbocycles. The third kappa shape index (κ3) is 3.59.